The van der Waals surface area contributed by atoms with Crippen molar-refractivity contribution >= 4 is 49.3 Å². The molecule has 12 heteroatoms. The molecule has 6 N–H and O–H groups in total. The van der Waals surface area contributed by atoms with E-state index in [9.17, 15) is 28.3 Å². The zero-order chi connectivity index (χ0) is 24.5. The van der Waals surface area contributed by atoms with Gasteiger partial charge < -0.3 is 26.0 Å². The summed E-state index contributed by atoms with van der Waals surface area (Å²) in [6, 6.07) is 17.2. The maximum Gasteiger partial charge on any atom is 0.298 e. The van der Waals surface area contributed by atoms with E-state index in [1.807, 2.05) is 0 Å². The van der Waals surface area contributed by atoms with Gasteiger partial charge in [-0.25, -0.2) is 0 Å². The minimum Gasteiger partial charge on any atom is -0.507 e. The first kappa shape index (κ1) is 25.8. The minimum absolute atomic E-state index is 0. The van der Waals surface area contributed by atoms with Gasteiger partial charge in [-0.3, -0.25) is 4.55 Å². The standard InChI is InChI=1S/C23H20N4O6S.Cu/c1-24-14-11-17(23(30)20(12-14)34(31,32)33)26-27-22-16(25-15-6-2-3-7-18(15)28)10-9-13-5-4-8-19(29)21(13)22;/h2-12,24-25,28-30H,1H3,(H,31,32,33);. The molecule has 0 amide bonds. The molecule has 0 saturated heterocycles. The third kappa shape index (κ3) is 5.31. The monoisotopic (exact) mass is 543 g/mol. The molecular formula is C23H20CuN4O6S. The summed E-state index contributed by atoms with van der Waals surface area (Å²) in [5.74, 6) is -0.885. The number of nitrogens with one attached hydrogen (secondary N) is 2. The summed E-state index contributed by atoms with van der Waals surface area (Å²) in [7, 11) is -3.21. The molecular weight excluding hydrogens is 524 g/mol. The van der Waals surface area contributed by atoms with E-state index in [4.69, 9.17) is 0 Å². The average molecular weight is 544 g/mol. The summed E-state index contributed by atoms with van der Waals surface area (Å²) >= 11 is 0. The SMILES string of the molecule is CNc1cc(N=Nc2c(Nc3ccccc3O)ccc3cccc(O)c23)c(O)c(S(=O)(=O)O)c1.[Cu]. The van der Waals surface area contributed by atoms with Crippen LogP contribution in [-0.2, 0) is 27.2 Å². The summed E-state index contributed by atoms with van der Waals surface area (Å²) in [6.07, 6.45) is 0. The number of rotatable bonds is 6. The van der Waals surface area contributed by atoms with Gasteiger partial charge in [0.2, 0.25) is 0 Å². The molecule has 0 aliphatic rings. The van der Waals surface area contributed by atoms with Crippen molar-refractivity contribution in [3.05, 3.63) is 66.7 Å². The van der Waals surface area contributed by atoms with Crippen molar-refractivity contribution in [2.75, 3.05) is 17.7 Å². The number of para-hydroxylation sites is 2. The maximum atomic E-state index is 11.7. The van der Waals surface area contributed by atoms with Crippen LogP contribution in [0, 0.1) is 0 Å². The van der Waals surface area contributed by atoms with Crippen LogP contribution in [0.3, 0.4) is 0 Å². The summed E-state index contributed by atoms with van der Waals surface area (Å²) < 4.78 is 32.8. The van der Waals surface area contributed by atoms with E-state index in [0.29, 0.717) is 22.1 Å². The van der Waals surface area contributed by atoms with Gasteiger partial charge in [-0.2, -0.15) is 8.42 Å². The number of benzene rings is 4. The molecule has 4 aromatic carbocycles. The second kappa shape index (κ2) is 10.2. The van der Waals surface area contributed by atoms with Crippen LogP contribution in [0.5, 0.6) is 17.2 Å². The van der Waals surface area contributed by atoms with Gasteiger partial charge in [-0.15, -0.1) is 10.2 Å². The molecule has 35 heavy (non-hydrogen) atoms. The molecule has 185 valence electrons. The van der Waals surface area contributed by atoms with E-state index >= 15 is 0 Å². The molecule has 4 aromatic rings. The third-order valence-electron chi connectivity index (χ3n) is 5.05. The Balaban J connectivity index is 0.00000342. The molecule has 0 saturated carbocycles. The van der Waals surface area contributed by atoms with Gasteiger partial charge in [0.1, 0.15) is 27.8 Å². The molecule has 10 nitrogen and oxygen atoms in total. The van der Waals surface area contributed by atoms with E-state index in [2.05, 4.69) is 20.9 Å². The van der Waals surface area contributed by atoms with Crippen LogP contribution in [0.25, 0.3) is 10.8 Å². The molecule has 0 bridgehead atoms. The number of hydrogen-bond acceptors (Lipinski definition) is 9. The molecule has 0 heterocycles. The number of aromatic hydroxyl groups is 3. The molecule has 0 aromatic heterocycles. The fraction of sp³-hybridized carbons (Fsp3) is 0.0435. The van der Waals surface area contributed by atoms with Crippen molar-refractivity contribution in [2.45, 2.75) is 4.90 Å². The van der Waals surface area contributed by atoms with Crippen molar-refractivity contribution < 1.29 is 45.4 Å². The molecule has 0 aliphatic carbocycles. The molecule has 0 spiro atoms. The van der Waals surface area contributed by atoms with Crippen LogP contribution in [0.2, 0.25) is 0 Å². The third-order valence-corrected chi connectivity index (χ3v) is 5.92. The minimum atomic E-state index is -4.74. The Hall–Kier alpha value is -3.83. The van der Waals surface area contributed by atoms with Gasteiger partial charge in [0.15, 0.2) is 5.75 Å². The first-order chi connectivity index (χ1) is 16.2. The van der Waals surface area contributed by atoms with E-state index in [1.165, 1.54) is 25.2 Å². The van der Waals surface area contributed by atoms with Gasteiger partial charge in [-0.05, 0) is 41.8 Å². The number of anilines is 3. The Morgan fingerprint density at radius 3 is 2.23 bits per heavy atom. The molecule has 4 rings (SSSR count). The summed E-state index contributed by atoms with van der Waals surface area (Å²) in [5.41, 5.74) is 0.940. The van der Waals surface area contributed by atoms with Crippen LogP contribution < -0.4 is 10.6 Å². The topological polar surface area (TPSA) is 164 Å². The molecule has 0 atom stereocenters. The molecule has 0 fully saturated rings. The zero-order valence-electron chi connectivity index (χ0n) is 18.1. The van der Waals surface area contributed by atoms with Crippen LogP contribution in [0.15, 0.2) is 81.9 Å². The van der Waals surface area contributed by atoms with Gasteiger partial charge >= 0.3 is 0 Å². The zero-order valence-corrected chi connectivity index (χ0v) is 19.8. The largest absolute Gasteiger partial charge is 0.507 e. The Bertz CT molecular complexity index is 1540. The van der Waals surface area contributed by atoms with Crippen LogP contribution in [0.4, 0.5) is 28.4 Å². The number of nitrogens with zero attached hydrogens (tertiary/aromatic N) is 2. The Morgan fingerprint density at radius 2 is 1.54 bits per heavy atom. The average Bonchev–Trinajstić information content (AvgIpc) is 2.80. The number of phenols is 3. The fourth-order valence-corrected chi connectivity index (χ4v) is 4.01. The summed E-state index contributed by atoms with van der Waals surface area (Å²) in [5, 5.41) is 46.1. The van der Waals surface area contributed by atoms with Gasteiger partial charge in [0, 0.05) is 29.8 Å². The number of phenolic OH excluding ortho intramolecular Hbond substituents is 3. The van der Waals surface area contributed by atoms with E-state index in [1.54, 1.807) is 42.5 Å². The summed E-state index contributed by atoms with van der Waals surface area (Å²) in [6.45, 7) is 0. The number of azo groups is 1. The molecule has 1 radical (unpaired) electrons. The van der Waals surface area contributed by atoms with E-state index < -0.39 is 20.8 Å². The van der Waals surface area contributed by atoms with Crippen molar-refractivity contribution in [3.8, 4) is 17.2 Å². The van der Waals surface area contributed by atoms with Crippen LogP contribution in [-0.4, -0.2) is 35.3 Å². The Kier molecular flexibility index (Phi) is 7.51. The van der Waals surface area contributed by atoms with Crippen molar-refractivity contribution in [1.29, 1.82) is 0 Å². The van der Waals surface area contributed by atoms with Crippen molar-refractivity contribution in [1.82, 2.24) is 0 Å². The number of fused-ring (bicyclic) bond motifs is 1. The van der Waals surface area contributed by atoms with Gasteiger partial charge in [0.25, 0.3) is 10.1 Å². The fourth-order valence-electron chi connectivity index (χ4n) is 3.38. The Labute approximate surface area is 211 Å². The van der Waals surface area contributed by atoms with E-state index in [0.717, 1.165) is 6.07 Å². The molecule has 0 unspecified atom stereocenters. The van der Waals surface area contributed by atoms with Crippen molar-refractivity contribution in [3.63, 3.8) is 0 Å². The van der Waals surface area contributed by atoms with Crippen LogP contribution in [0.1, 0.15) is 0 Å². The second-order valence-corrected chi connectivity index (χ2v) is 8.64. The number of hydrogen-bond donors (Lipinski definition) is 6. The van der Waals surface area contributed by atoms with Gasteiger partial charge in [0.05, 0.1) is 16.8 Å². The molecule has 0 aliphatic heterocycles. The van der Waals surface area contributed by atoms with Crippen LogP contribution >= 0.6 is 0 Å². The summed E-state index contributed by atoms with van der Waals surface area (Å²) in [4.78, 5) is -0.735. The second-order valence-electron chi connectivity index (χ2n) is 7.25. The van der Waals surface area contributed by atoms with Crippen molar-refractivity contribution in [2.24, 2.45) is 10.2 Å². The predicted octanol–water partition coefficient (Wildman–Crippen LogP) is 5.40. The first-order valence-corrected chi connectivity index (χ1v) is 11.4. The quantitative estimate of drug-likeness (QED) is 0.0618. The predicted molar refractivity (Wildman–Crippen MR) is 129 cm³/mol. The smallest absolute Gasteiger partial charge is 0.298 e. The van der Waals surface area contributed by atoms with E-state index in [-0.39, 0.29) is 45.6 Å². The Morgan fingerprint density at radius 1 is 0.829 bits per heavy atom. The van der Waals surface area contributed by atoms with Gasteiger partial charge in [-0.1, -0.05) is 30.3 Å². The maximum absolute atomic E-state index is 11.7. The normalized spacial score (nSPS) is 11.4. The first-order valence-electron chi connectivity index (χ1n) is 9.92.